The molecule has 136 valence electrons. The lowest BCUT2D eigenvalue weighted by atomic mass is 9.84. The maximum absolute atomic E-state index is 13.1. The Morgan fingerprint density at radius 3 is 2.77 bits per heavy atom. The van der Waals surface area contributed by atoms with Crippen molar-refractivity contribution in [3.8, 4) is 10.6 Å². The highest BCUT2D eigenvalue weighted by atomic mass is 35.5. The molecule has 1 aromatic heterocycles. The smallest absolute Gasteiger partial charge is 0.326 e. The number of carboxylic acid groups (broad SMARTS) is 1. The van der Waals surface area contributed by atoms with E-state index in [0.717, 1.165) is 31.2 Å². The molecule has 5 nitrogen and oxygen atoms in total. The monoisotopic (exact) mass is 390 g/mol. The minimum atomic E-state index is -0.922. The fourth-order valence-electron chi connectivity index (χ4n) is 4.24. The minimum absolute atomic E-state index is 0.0165. The molecule has 3 unspecified atom stereocenters. The molecule has 1 saturated carbocycles. The van der Waals surface area contributed by atoms with Crippen LogP contribution in [0.5, 0.6) is 0 Å². The molecule has 1 aliphatic carbocycles. The Kier molecular flexibility index (Phi) is 4.71. The van der Waals surface area contributed by atoms with E-state index in [1.165, 1.54) is 11.3 Å². The lowest BCUT2D eigenvalue weighted by Gasteiger charge is -2.32. The number of carbonyl (C=O) groups excluding carboxylic acids is 1. The van der Waals surface area contributed by atoms with E-state index in [0.29, 0.717) is 22.1 Å². The van der Waals surface area contributed by atoms with Crippen LogP contribution in [0.1, 0.15) is 42.6 Å². The number of nitrogens with zero attached hydrogens (tertiary/aromatic N) is 2. The van der Waals surface area contributed by atoms with Gasteiger partial charge >= 0.3 is 5.97 Å². The number of likely N-dealkylation sites (tertiary alicyclic amines) is 1. The largest absolute Gasteiger partial charge is 0.480 e. The topological polar surface area (TPSA) is 70.5 Å². The first-order valence-electron chi connectivity index (χ1n) is 8.82. The third kappa shape index (κ3) is 3.01. The van der Waals surface area contributed by atoms with Gasteiger partial charge in [-0.25, -0.2) is 9.78 Å². The van der Waals surface area contributed by atoms with E-state index in [9.17, 15) is 14.7 Å². The van der Waals surface area contributed by atoms with Gasteiger partial charge in [0.15, 0.2) is 0 Å². The average Bonchev–Trinajstić information content (AvgIpc) is 3.26. The molecule has 0 spiro atoms. The number of carboxylic acids is 1. The van der Waals surface area contributed by atoms with Crippen molar-refractivity contribution in [2.45, 2.75) is 44.2 Å². The van der Waals surface area contributed by atoms with Crippen LogP contribution in [0, 0.1) is 5.92 Å². The minimum Gasteiger partial charge on any atom is -0.480 e. The Morgan fingerprint density at radius 2 is 2.00 bits per heavy atom. The second kappa shape index (κ2) is 7.00. The molecule has 1 amide bonds. The Labute approximate surface area is 160 Å². The second-order valence-electron chi connectivity index (χ2n) is 6.93. The predicted octanol–water partition coefficient (Wildman–Crippen LogP) is 4.32. The first kappa shape index (κ1) is 17.5. The third-order valence-electron chi connectivity index (χ3n) is 5.44. The number of aliphatic carboxylic acids is 1. The summed E-state index contributed by atoms with van der Waals surface area (Å²) in [6.07, 6.45) is 4.58. The van der Waals surface area contributed by atoms with Crippen LogP contribution < -0.4 is 0 Å². The van der Waals surface area contributed by atoms with Crippen molar-refractivity contribution in [2.75, 3.05) is 0 Å². The number of aromatic nitrogens is 1. The molecule has 26 heavy (non-hydrogen) atoms. The van der Waals surface area contributed by atoms with E-state index in [1.807, 2.05) is 18.2 Å². The van der Waals surface area contributed by atoms with Gasteiger partial charge in [0, 0.05) is 17.0 Å². The summed E-state index contributed by atoms with van der Waals surface area (Å²) in [6, 6.07) is 6.63. The molecule has 1 aliphatic heterocycles. The Morgan fingerprint density at radius 1 is 1.23 bits per heavy atom. The SMILES string of the molecule is O=C(O)C1CC2CCCCC2N1C(=O)c1csc(-c2ccccc2Cl)n1. The van der Waals surface area contributed by atoms with Gasteiger partial charge in [-0.1, -0.05) is 42.6 Å². The van der Waals surface area contributed by atoms with Crippen molar-refractivity contribution in [2.24, 2.45) is 5.92 Å². The van der Waals surface area contributed by atoms with Crippen molar-refractivity contribution in [3.63, 3.8) is 0 Å². The number of benzene rings is 1. The van der Waals surface area contributed by atoms with E-state index >= 15 is 0 Å². The Hall–Kier alpha value is -1.92. The average molecular weight is 391 g/mol. The van der Waals surface area contributed by atoms with Gasteiger partial charge in [0.05, 0.1) is 5.02 Å². The molecule has 2 aromatic rings. The first-order chi connectivity index (χ1) is 12.6. The number of hydrogen-bond donors (Lipinski definition) is 1. The van der Waals surface area contributed by atoms with E-state index in [4.69, 9.17) is 11.6 Å². The summed E-state index contributed by atoms with van der Waals surface area (Å²) < 4.78 is 0. The van der Waals surface area contributed by atoms with Gasteiger partial charge in [-0.05, 0) is 31.2 Å². The summed E-state index contributed by atoms with van der Waals surface area (Å²) >= 11 is 7.58. The van der Waals surface area contributed by atoms with Crippen molar-refractivity contribution in [1.82, 2.24) is 9.88 Å². The molecule has 1 N–H and O–H groups in total. The van der Waals surface area contributed by atoms with Crippen LogP contribution in [0.3, 0.4) is 0 Å². The van der Waals surface area contributed by atoms with E-state index in [1.54, 1.807) is 16.3 Å². The molecule has 0 bridgehead atoms. The summed E-state index contributed by atoms with van der Waals surface area (Å²) in [4.78, 5) is 30.9. The number of fused-ring (bicyclic) bond motifs is 1. The maximum Gasteiger partial charge on any atom is 0.326 e. The number of carbonyl (C=O) groups is 2. The van der Waals surface area contributed by atoms with Gasteiger partial charge in [-0.3, -0.25) is 4.79 Å². The van der Waals surface area contributed by atoms with Crippen molar-refractivity contribution < 1.29 is 14.7 Å². The molecule has 2 fully saturated rings. The zero-order valence-corrected chi connectivity index (χ0v) is 15.7. The van der Waals surface area contributed by atoms with Crippen molar-refractivity contribution >= 4 is 34.8 Å². The van der Waals surface area contributed by atoms with E-state index < -0.39 is 12.0 Å². The normalized spacial score (nSPS) is 25.1. The van der Waals surface area contributed by atoms with Crippen LogP contribution in [-0.4, -0.2) is 39.0 Å². The number of rotatable bonds is 3. The molecular weight excluding hydrogens is 372 g/mol. The highest BCUT2D eigenvalue weighted by molar-refractivity contribution is 7.13. The molecule has 4 rings (SSSR count). The molecule has 3 atom stereocenters. The van der Waals surface area contributed by atoms with Crippen molar-refractivity contribution in [3.05, 3.63) is 40.4 Å². The Balaban J connectivity index is 1.64. The standard InChI is InChI=1S/C19H19ClN2O3S/c20-13-7-3-2-6-12(13)17-21-14(10-26-17)18(23)22-15-8-4-1-5-11(15)9-16(22)19(24)25/h2-3,6-7,10-11,15-16H,1,4-5,8-9H2,(H,24,25). The molecule has 7 heteroatoms. The Bertz CT molecular complexity index is 853. The fraction of sp³-hybridized carbons (Fsp3) is 0.421. The molecule has 2 aliphatic rings. The molecule has 1 aromatic carbocycles. The van der Waals surface area contributed by atoms with Crippen LogP contribution in [-0.2, 0) is 4.79 Å². The number of halogens is 1. The highest BCUT2D eigenvalue weighted by Crippen LogP contribution is 2.41. The van der Waals surface area contributed by atoms with Gasteiger partial charge in [-0.15, -0.1) is 11.3 Å². The first-order valence-corrected chi connectivity index (χ1v) is 10.1. The number of hydrogen-bond acceptors (Lipinski definition) is 4. The molecule has 0 radical (unpaired) electrons. The van der Waals surface area contributed by atoms with Gasteiger partial charge < -0.3 is 10.0 Å². The number of thiazole rings is 1. The van der Waals surface area contributed by atoms with Crippen LogP contribution in [0.25, 0.3) is 10.6 Å². The summed E-state index contributed by atoms with van der Waals surface area (Å²) in [5, 5.41) is 12.6. The lowest BCUT2D eigenvalue weighted by molar-refractivity contribution is -0.141. The quantitative estimate of drug-likeness (QED) is 0.847. The summed E-state index contributed by atoms with van der Waals surface area (Å²) in [6.45, 7) is 0. The van der Waals surface area contributed by atoms with Gasteiger partial charge in [0.2, 0.25) is 0 Å². The highest BCUT2D eigenvalue weighted by Gasteiger charge is 2.48. The van der Waals surface area contributed by atoms with Crippen LogP contribution in [0.2, 0.25) is 5.02 Å². The molecule has 2 heterocycles. The zero-order chi connectivity index (χ0) is 18.3. The number of amides is 1. The van der Waals surface area contributed by atoms with E-state index in [2.05, 4.69) is 4.98 Å². The lowest BCUT2D eigenvalue weighted by Crippen LogP contribution is -2.46. The summed E-state index contributed by atoms with van der Waals surface area (Å²) in [5.41, 5.74) is 1.09. The van der Waals surface area contributed by atoms with E-state index in [-0.39, 0.29) is 17.9 Å². The van der Waals surface area contributed by atoms with Gasteiger partial charge in [0.25, 0.3) is 5.91 Å². The van der Waals surface area contributed by atoms with Crippen LogP contribution in [0.15, 0.2) is 29.6 Å². The predicted molar refractivity (Wildman–Crippen MR) is 101 cm³/mol. The van der Waals surface area contributed by atoms with Crippen LogP contribution in [0.4, 0.5) is 0 Å². The third-order valence-corrected chi connectivity index (χ3v) is 6.64. The van der Waals surface area contributed by atoms with Gasteiger partial charge in [0.1, 0.15) is 16.7 Å². The van der Waals surface area contributed by atoms with Crippen molar-refractivity contribution in [1.29, 1.82) is 0 Å². The summed E-state index contributed by atoms with van der Waals surface area (Å²) in [7, 11) is 0. The molecular formula is C19H19ClN2O3S. The summed E-state index contributed by atoms with van der Waals surface area (Å²) in [5.74, 6) is -0.911. The van der Waals surface area contributed by atoms with Gasteiger partial charge in [-0.2, -0.15) is 0 Å². The van der Waals surface area contributed by atoms with Crippen LogP contribution >= 0.6 is 22.9 Å². The maximum atomic E-state index is 13.1. The second-order valence-corrected chi connectivity index (χ2v) is 8.20. The fourth-order valence-corrected chi connectivity index (χ4v) is 5.35. The zero-order valence-electron chi connectivity index (χ0n) is 14.1. The molecule has 1 saturated heterocycles.